The minimum Gasteiger partial charge on any atom is -0.495 e. The average Bonchev–Trinajstić information content (AvgIpc) is 3.35. The fourth-order valence-electron chi connectivity index (χ4n) is 4.68. The fraction of sp³-hybridized carbons (Fsp3) is 0.481. The van der Waals surface area contributed by atoms with Crippen molar-refractivity contribution in [2.24, 2.45) is 0 Å². The van der Waals surface area contributed by atoms with Crippen LogP contribution in [0.25, 0.3) is 0 Å². The number of sulfonamides is 1. The van der Waals surface area contributed by atoms with E-state index in [1.165, 1.54) is 24.1 Å². The molecule has 2 aromatic carbocycles. The fourth-order valence-corrected chi connectivity index (χ4v) is 5.78. The smallest absolute Gasteiger partial charge is 0.244 e. The Hall–Kier alpha value is -2.78. The third-order valence-electron chi connectivity index (χ3n) is 6.79. The summed E-state index contributed by atoms with van der Waals surface area (Å²) in [6.07, 6.45) is 5.42. The quantitative estimate of drug-likeness (QED) is 0.451. The van der Waals surface area contributed by atoms with Crippen LogP contribution in [-0.2, 0) is 26.2 Å². The zero-order valence-corrected chi connectivity index (χ0v) is 23.4. The number of hydrogen-bond donors (Lipinski definition) is 1. The van der Waals surface area contributed by atoms with Crippen molar-refractivity contribution >= 4 is 39.1 Å². The first-order valence-electron chi connectivity index (χ1n) is 12.5. The molecule has 1 atom stereocenters. The van der Waals surface area contributed by atoms with Gasteiger partial charge >= 0.3 is 0 Å². The minimum absolute atomic E-state index is 0.103. The normalized spacial score (nSPS) is 14.7. The number of anilines is 1. The number of amides is 2. The van der Waals surface area contributed by atoms with Crippen molar-refractivity contribution in [3.05, 3.63) is 58.6 Å². The molecule has 1 fully saturated rings. The van der Waals surface area contributed by atoms with E-state index in [0.717, 1.165) is 47.4 Å². The summed E-state index contributed by atoms with van der Waals surface area (Å²) in [6, 6.07) is 11.5. The van der Waals surface area contributed by atoms with Crippen molar-refractivity contribution in [3.8, 4) is 5.75 Å². The molecule has 0 aromatic heterocycles. The van der Waals surface area contributed by atoms with Crippen LogP contribution in [0.2, 0.25) is 5.02 Å². The SMILES string of the molecule is CCC(C(=O)NC1CCCC1)N(Cc1ccccc1C)C(=O)CN(c1ccc(OC)c(Cl)c1)S(C)(=O)=O. The Morgan fingerprint density at radius 2 is 1.84 bits per heavy atom. The van der Waals surface area contributed by atoms with Gasteiger partial charge in [0.2, 0.25) is 21.8 Å². The third kappa shape index (κ3) is 7.38. The maximum absolute atomic E-state index is 13.8. The molecule has 2 amide bonds. The predicted octanol–water partition coefficient (Wildman–Crippen LogP) is 4.29. The number of hydrogen-bond acceptors (Lipinski definition) is 5. The van der Waals surface area contributed by atoms with E-state index in [-0.39, 0.29) is 29.2 Å². The Morgan fingerprint density at radius 1 is 1.16 bits per heavy atom. The number of rotatable bonds is 11. The summed E-state index contributed by atoms with van der Waals surface area (Å²) >= 11 is 6.25. The summed E-state index contributed by atoms with van der Waals surface area (Å²) < 4.78 is 31.7. The van der Waals surface area contributed by atoms with Gasteiger partial charge < -0.3 is 15.0 Å². The van der Waals surface area contributed by atoms with Gasteiger partial charge in [-0.3, -0.25) is 13.9 Å². The van der Waals surface area contributed by atoms with E-state index in [0.29, 0.717) is 12.2 Å². The van der Waals surface area contributed by atoms with Gasteiger partial charge in [0, 0.05) is 12.6 Å². The molecular formula is C27H36ClN3O5S. The Balaban J connectivity index is 1.95. The Kier molecular flexibility index (Phi) is 9.84. The number of halogens is 1. The van der Waals surface area contributed by atoms with Crippen molar-refractivity contribution < 1.29 is 22.7 Å². The Morgan fingerprint density at radius 3 is 2.41 bits per heavy atom. The summed E-state index contributed by atoms with van der Waals surface area (Å²) in [7, 11) is -2.39. The average molecular weight is 550 g/mol. The summed E-state index contributed by atoms with van der Waals surface area (Å²) in [6.45, 7) is 3.51. The predicted molar refractivity (Wildman–Crippen MR) is 146 cm³/mol. The van der Waals surface area contributed by atoms with Gasteiger partial charge in [-0.1, -0.05) is 55.6 Å². The minimum atomic E-state index is -3.85. The molecule has 0 heterocycles. The lowest BCUT2D eigenvalue weighted by atomic mass is 10.1. The van der Waals surface area contributed by atoms with Gasteiger partial charge in [0.05, 0.1) is 24.1 Å². The van der Waals surface area contributed by atoms with Crippen LogP contribution < -0.4 is 14.4 Å². The second-order valence-electron chi connectivity index (χ2n) is 9.45. The van der Waals surface area contributed by atoms with Crippen LogP contribution >= 0.6 is 11.6 Å². The van der Waals surface area contributed by atoms with Crippen LogP contribution in [0.4, 0.5) is 5.69 Å². The summed E-state index contributed by atoms with van der Waals surface area (Å²) in [5.41, 5.74) is 2.11. The molecule has 0 spiro atoms. The van der Waals surface area contributed by atoms with E-state index in [1.807, 2.05) is 38.1 Å². The molecule has 10 heteroatoms. The van der Waals surface area contributed by atoms with Gasteiger partial charge in [0.25, 0.3) is 0 Å². The molecular weight excluding hydrogens is 514 g/mol. The number of aryl methyl sites for hydroxylation is 1. The number of carbonyl (C=O) groups excluding carboxylic acids is 2. The lowest BCUT2D eigenvalue weighted by Crippen LogP contribution is -2.53. The molecule has 1 saturated carbocycles. The van der Waals surface area contributed by atoms with E-state index >= 15 is 0 Å². The molecule has 1 N–H and O–H groups in total. The Labute approximate surface area is 225 Å². The molecule has 1 unspecified atom stereocenters. The highest BCUT2D eigenvalue weighted by Gasteiger charge is 2.33. The summed E-state index contributed by atoms with van der Waals surface area (Å²) in [4.78, 5) is 28.7. The van der Waals surface area contributed by atoms with E-state index < -0.39 is 28.5 Å². The highest BCUT2D eigenvalue weighted by molar-refractivity contribution is 7.92. The first kappa shape index (κ1) is 28.8. The zero-order chi connectivity index (χ0) is 27.2. The van der Waals surface area contributed by atoms with Gasteiger partial charge in [0.1, 0.15) is 18.3 Å². The molecule has 1 aliphatic carbocycles. The Bertz CT molecular complexity index is 1210. The van der Waals surface area contributed by atoms with Gasteiger partial charge in [-0.2, -0.15) is 0 Å². The molecule has 37 heavy (non-hydrogen) atoms. The first-order chi connectivity index (χ1) is 17.5. The first-order valence-corrected chi connectivity index (χ1v) is 14.7. The van der Waals surface area contributed by atoms with Crippen molar-refractivity contribution in [2.45, 2.75) is 64.6 Å². The van der Waals surface area contributed by atoms with E-state index in [4.69, 9.17) is 16.3 Å². The third-order valence-corrected chi connectivity index (χ3v) is 8.23. The standard InChI is InChI=1S/C27H36ClN3O5S/c1-5-24(27(33)29-21-12-8-9-13-21)30(17-20-11-7-6-10-19(20)2)26(32)18-31(37(4,34)35)22-14-15-25(36-3)23(28)16-22/h6-7,10-11,14-16,21,24H,5,8-9,12-13,17-18H2,1-4H3,(H,29,33). The van der Waals surface area contributed by atoms with Crippen LogP contribution in [-0.4, -0.2) is 57.1 Å². The van der Waals surface area contributed by atoms with Crippen LogP contribution in [0, 0.1) is 6.92 Å². The van der Waals surface area contributed by atoms with Crippen molar-refractivity contribution in [1.82, 2.24) is 10.2 Å². The molecule has 202 valence electrons. The van der Waals surface area contributed by atoms with Crippen molar-refractivity contribution in [2.75, 3.05) is 24.2 Å². The number of methoxy groups -OCH3 is 1. The lowest BCUT2D eigenvalue weighted by molar-refractivity contribution is -0.140. The van der Waals surface area contributed by atoms with Crippen LogP contribution in [0.5, 0.6) is 5.75 Å². The second kappa shape index (κ2) is 12.6. The second-order valence-corrected chi connectivity index (χ2v) is 11.8. The monoisotopic (exact) mass is 549 g/mol. The van der Waals surface area contributed by atoms with E-state index in [1.54, 1.807) is 6.07 Å². The largest absolute Gasteiger partial charge is 0.495 e. The highest BCUT2D eigenvalue weighted by Crippen LogP contribution is 2.30. The zero-order valence-electron chi connectivity index (χ0n) is 21.9. The molecule has 2 aromatic rings. The lowest BCUT2D eigenvalue weighted by Gasteiger charge is -2.33. The van der Waals surface area contributed by atoms with Crippen LogP contribution in [0.15, 0.2) is 42.5 Å². The van der Waals surface area contributed by atoms with Gasteiger partial charge in [-0.05, 0) is 55.5 Å². The molecule has 1 aliphatic rings. The number of carbonyl (C=O) groups is 2. The van der Waals surface area contributed by atoms with Crippen LogP contribution in [0.3, 0.4) is 0 Å². The maximum atomic E-state index is 13.8. The summed E-state index contributed by atoms with van der Waals surface area (Å²) in [5.74, 6) is -0.301. The maximum Gasteiger partial charge on any atom is 0.244 e. The highest BCUT2D eigenvalue weighted by atomic mass is 35.5. The van der Waals surface area contributed by atoms with E-state index in [2.05, 4.69) is 5.32 Å². The van der Waals surface area contributed by atoms with Crippen LogP contribution in [0.1, 0.15) is 50.2 Å². The molecule has 0 saturated heterocycles. The molecule has 0 bridgehead atoms. The summed E-state index contributed by atoms with van der Waals surface area (Å²) in [5, 5.41) is 3.33. The molecule has 8 nitrogen and oxygen atoms in total. The number of benzene rings is 2. The number of ether oxygens (including phenoxy) is 1. The van der Waals surface area contributed by atoms with Crippen molar-refractivity contribution in [1.29, 1.82) is 0 Å². The van der Waals surface area contributed by atoms with Gasteiger partial charge in [-0.25, -0.2) is 8.42 Å². The number of nitrogens with one attached hydrogen (secondary N) is 1. The van der Waals surface area contributed by atoms with Gasteiger partial charge in [0.15, 0.2) is 0 Å². The van der Waals surface area contributed by atoms with E-state index in [9.17, 15) is 18.0 Å². The molecule has 3 rings (SSSR count). The number of nitrogens with zero attached hydrogens (tertiary/aromatic N) is 2. The molecule has 0 aliphatic heterocycles. The molecule has 0 radical (unpaired) electrons. The topological polar surface area (TPSA) is 96.0 Å². The van der Waals surface area contributed by atoms with Crippen molar-refractivity contribution in [3.63, 3.8) is 0 Å². The van der Waals surface area contributed by atoms with Gasteiger partial charge in [-0.15, -0.1) is 0 Å².